The minimum Gasteiger partial charge on any atom is -0.310 e. The lowest BCUT2D eigenvalue weighted by Gasteiger charge is -2.33. The Bertz CT molecular complexity index is 2790. The molecule has 0 N–H and O–H groups in total. The van der Waals surface area contributed by atoms with E-state index < -0.39 is 0 Å². The van der Waals surface area contributed by atoms with Crippen LogP contribution in [0.2, 0.25) is 0 Å². The summed E-state index contributed by atoms with van der Waals surface area (Å²) in [5, 5.41) is 2.49. The van der Waals surface area contributed by atoms with E-state index in [4.69, 9.17) is 0 Å². The van der Waals surface area contributed by atoms with Gasteiger partial charge in [0, 0.05) is 22.4 Å². The lowest BCUT2D eigenvalue weighted by molar-refractivity contribution is 0.569. The van der Waals surface area contributed by atoms with Crippen LogP contribution in [0.15, 0.2) is 176 Å². The van der Waals surface area contributed by atoms with Crippen molar-refractivity contribution in [2.24, 2.45) is 0 Å². The Balaban J connectivity index is 1.32. The molecule has 8 aromatic rings. The van der Waals surface area contributed by atoms with Gasteiger partial charge in [0.2, 0.25) is 0 Å². The number of fused-ring (bicyclic) bond motifs is 4. The summed E-state index contributed by atoms with van der Waals surface area (Å²) < 4.78 is 0. The number of nitrogens with zero attached hydrogens (tertiary/aromatic N) is 1. The van der Waals surface area contributed by atoms with E-state index in [1.165, 1.54) is 77.5 Å². The highest BCUT2D eigenvalue weighted by molar-refractivity contribution is 6.09. The molecule has 0 fully saturated rings. The predicted octanol–water partition coefficient (Wildman–Crippen LogP) is 16.2. The number of rotatable bonds is 6. The molecular weight excluding hydrogens is 699 g/mol. The maximum atomic E-state index is 2.52. The van der Waals surface area contributed by atoms with Gasteiger partial charge in [-0.25, -0.2) is 0 Å². The van der Waals surface area contributed by atoms with E-state index in [2.05, 4.69) is 236 Å². The highest BCUT2D eigenvalue weighted by atomic mass is 15.1. The molecule has 0 bridgehead atoms. The smallest absolute Gasteiger partial charge is 0.0540 e. The minimum atomic E-state index is -0.127. The van der Waals surface area contributed by atoms with Gasteiger partial charge in [-0.2, -0.15) is 0 Å². The van der Waals surface area contributed by atoms with Crippen molar-refractivity contribution < 1.29 is 0 Å². The Hall–Kier alpha value is -6.18. The van der Waals surface area contributed by atoms with Crippen LogP contribution in [0.25, 0.3) is 55.3 Å². The van der Waals surface area contributed by atoms with Crippen LogP contribution in [0.3, 0.4) is 0 Å². The lowest BCUT2D eigenvalue weighted by Crippen LogP contribution is -2.19. The van der Waals surface area contributed by atoms with Crippen molar-refractivity contribution in [2.75, 3.05) is 4.90 Å². The third-order valence-electron chi connectivity index (χ3n) is 12.3. The number of hydrogen-bond acceptors (Lipinski definition) is 1. The zero-order valence-electron chi connectivity index (χ0n) is 35.2. The Morgan fingerprint density at radius 2 is 0.931 bits per heavy atom. The molecule has 0 aromatic heterocycles. The van der Waals surface area contributed by atoms with E-state index in [0.717, 1.165) is 17.1 Å². The topological polar surface area (TPSA) is 3.24 Å². The predicted molar refractivity (Wildman–Crippen MR) is 250 cm³/mol. The van der Waals surface area contributed by atoms with Gasteiger partial charge in [0.05, 0.1) is 5.69 Å². The van der Waals surface area contributed by atoms with E-state index in [-0.39, 0.29) is 16.2 Å². The number of hydrogen-bond donors (Lipinski definition) is 0. The van der Waals surface area contributed by atoms with E-state index in [1.54, 1.807) is 0 Å². The number of anilines is 3. The Kier molecular flexibility index (Phi) is 9.05. The van der Waals surface area contributed by atoms with Crippen molar-refractivity contribution in [1.29, 1.82) is 0 Å². The summed E-state index contributed by atoms with van der Waals surface area (Å²) in [7, 11) is 0. The highest BCUT2D eigenvalue weighted by Crippen LogP contribution is 2.53. The van der Waals surface area contributed by atoms with Gasteiger partial charge in [-0.15, -0.1) is 0 Å². The van der Waals surface area contributed by atoms with Crippen molar-refractivity contribution in [3.63, 3.8) is 0 Å². The summed E-state index contributed by atoms with van der Waals surface area (Å²) in [5.41, 5.74) is 18.7. The molecule has 0 amide bonds. The average Bonchev–Trinajstić information content (AvgIpc) is 3.46. The Labute approximate surface area is 345 Å². The molecule has 286 valence electrons. The zero-order chi connectivity index (χ0) is 40.4. The number of para-hydroxylation sites is 1. The summed E-state index contributed by atoms with van der Waals surface area (Å²) in [5.74, 6) is 0. The molecule has 0 spiro atoms. The van der Waals surface area contributed by atoms with Gasteiger partial charge in [0.1, 0.15) is 0 Å². The second kappa shape index (κ2) is 14.0. The second-order valence-electron chi connectivity index (χ2n) is 18.6. The summed E-state index contributed by atoms with van der Waals surface area (Å²) in [6.45, 7) is 18.7. The monoisotopic (exact) mass is 751 g/mol. The molecule has 0 unspecified atom stereocenters. The van der Waals surface area contributed by atoms with E-state index in [9.17, 15) is 0 Å². The molecule has 0 radical (unpaired) electrons. The molecule has 0 atom stereocenters. The van der Waals surface area contributed by atoms with Crippen molar-refractivity contribution in [1.82, 2.24) is 0 Å². The van der Waals surface area contributed by atoms with E-state index in [0.29, 0.717) is 0 Å². The van der Waals surface area contributed by atoms with Crippen LogP contribution in [0.5, 0.6) is 0 Å². The Morgan fingerprint density at radius 1 is 0.397 bits per heavy atom. The quantitative estimate of drug-likeness (QED) is 0.164. The first-order valence-electron chi connectivity index (χ1n) is 20.8. The lowest BCUT2D eigenvalue weighted by atomic mass is 9.79. The van der Waals surface area contributed by atoms with Gasteiger partial charge in [-0.05, 0) is 113 Å². The largest absolute Gasteiger partial charge is 0.310 e. The van der Waals surface area contributed by atoms with Crippen molar-refractivity contribution in [2.45, 2.75) is 71.6 Å². The summed E-state index contributed by atoms with van der Waals surface area (Å²) in [6.07, 6.45) is 0. The summed E-state index contributed by atoms with van der Waals surface area (Å²) >= 11 is 0. The molecule has 8 aromatic carbocycles. The highest BCUT2D eigenvalue weighted by Gasteiger charge is 2.37. The van der Waals surface area contributed by atoms with Gasteiger partial charge in [0.15, 0.2) is 0 Å². The van der Waals surface area contributed by atoms with Crippen LogP contribution in [0.4, 0.5) is 17.1 Å². The summed E-state index contributed by atoms with van der Waals surface area (Å²) in [4.78, 5) is 2.52. The minimum absolute atomic E-state index is 0.0472. The van der Waals surface area contributed by atoms with Crippen LogP contribution in [0.1, 0.15) is 77.6 Å². The van der Waals surface area contributed by atoms with Gasteiger partial charge in [0.25, 0.3) is 0 Å². The first kappa shape index (κ1) is 37.4. The van der Waals surface area contributed by atoms with Gasteiger partial charge < -0.3 is 4.90 Å². The van der Waals surface area contributed by atoms with Gasteiger partial charge >= 0.3 is 0 Å². The first-order valence-corrected chi connectivity index (χ1v) is 20.8. The van der Waals surface area contributed by atoms with Crippen LogP contribution in [0, 0.1) is 0 Å². The molecule has 1 nitrogen and oxygen atoms in total. The number of benzene rings is 8. The van der Waals surface area contributed by atoms with Crippen LogP contribution in [-0.2, 0) is 16.2 Å². The third-order valence-corrected chi connectivity index (χ3v) is 12.3. The van der Waals surface area contributed by atoms with Gasteiger partial charge in [-0.3, -0.25) is 0 Å². The summed E-state index contributed by atoms with van der Waals surface area (Å²) in [6, 6.07) is 65.6. The molecule has 0 aliphatic heterocycles. The van der Waals surface area contributed by atoms with Crippen LogP contribution in [-0.4, -0.2) is 0 Å². The molecule has 1 heteroatoms. The Morgan fingerprint density at radius 3 is 1.64 bits per heavy atom. The van der Waals surface area contributed by atoms with Crippen molar-refractivity contribution in [3.8, 4) is 44.5 Å². The molecule has 0 saturated carbocycles. The van der Waals surface area contributed by atoms with Crippen molar-refractivity contribution in [3.05, 3.63) is 198 Å². The van der Waals surface area contributed by atoms with Crippen LogP contribution < -0.4 is 4.90 Å². The SMILES string of the molecule is CC(C)(C)c1cc(N(c2cccc(-c3cccc4c3C(C)(C)c3ccccc3-4)c2)c2ccccc2-c2cccc3cccc(-c4ccccc4)c23)cc(C(C)(C)C)c1. The molecule has 58 heavy (non-hydrogen) atoms. The molecular formula is C57H53N. The third kappa shape index (κ3) is 6.44. The van der Waals surface area contributed by atoms with Gasteiger partial charge in [-0.1, -0.05) is 201 Å². The standard InChI is InChI=1S/C57H53N/c1-55(2,3)41-35-42(56(4,5)6)37-44(36-41)58(43-25-16-24-40(34-43)46-29-19-31-50-47-26-12-14-32-51(47)57(7,8)54(46)50)52-33-15-13-27-48(52)49-30-18-23-39-22-17-28-45(53(39)49)38-20-10-9-11-21-38/h9-37H,1-8H3. The fourth-order valence-corrected chi connectivity index (χ4v) is 9.25. The van der Waals surface area contributed by atoms with E-state index in [1.807, 2.05) is 0 Å². The maximum Gasteiger partial charge on any atom is 0.0540 e. The van der Waals surface area contributed by atoms with Crippen molar-refractivity contribution >= 4 is 27.8 Å². The zero-order valence-corrected chi connectivity index (χ0v) is 35.2. The molecule has 0 saturated heterocycles. The normalized spacial score (nSPS) is 13.3. The van der Waals surface area contributed by atoms with Crippen LogP contribution >= 0.6 is 0 Å². The van der Waals surface area contributed by atoms with E-state index >= 15 is 0 Å². The molecule has 1 aliphatic rings. The molecule has 0 heterocycles. The average molecular weight is 752 g/mol. The molecule has 1 aliphatic carbocycles. The fraction of sp³-hybridized carbons (Fsp3) is 0.193. The second-order valence-corrected chi connectivity index (χ2v) is 18.6. The maximum absolute atomic E-state index is 2.52. The first-order chi connectivity index (χ1) is 27.8. The fourth-order valence-electron chi connectivity index (χ4n) is 9.25. The molecule has 9 rings (SSSR count).